The lowest BCUT2D eigenvalue weighted by Gasteiger charge is -2.24. The molecule has 0 saturated heterocycles. The minimum Gasteiger partial charge on any atom is -0.352 e. The number of carbonyl (C=O) groups is 2. The van der Waals surface area contributed by atoms with E-state index in [4.69, 9.17) is 0 Å². The van der Waals surface area contributed by atoms with E-state index in [-0.39, 0.29) is 27.7 Å². The average Bonchev–Trinajstić information content (AvgIpc) is 2.93. The van der Waals surface area contributed by atoms with Crippen LogP contribution in [0.5, 0.6) is 0 Å². The van der Waals surface area contributed by atoms with Gasteiger partial charge in [-0.1, -0.05) is 60.2 Å². The molecule has 7 nitrogen and oxygen atoms in total. The standard InChI is InChI=1S/C30H28FN3O4S/c1-22-11-15-25(16-12-22)34(39(37,38)26-17-13-24(31)14-18-26)21-29(35)33-28-10-6-5-9-27(28)30(36)32-20-19-23-7-3-2-4-8-23/h2-18H,19-21H2,1H3,(H,32,36)(H,33,35). The Morgan fingerprint density at radius 2 is 1.46 bits per heavy atom. The minimum atomic E-state index is -4.21. The van der Waals surface area contributed by atoms with Gasteiger partial charge in [0.1, 0.15) is 12.4 Å². The molecule has 0 unspecified atom stereocenters. The van der Waals surface area contributed by atoms with Gasteiger partial charge in [0.25, 0.3) is 15.9 Å². The summed E-state index contributed by atoms with van der Waals surface area (Å²) in [5.41, 5.74) is 2.77. The minimum absolute atomic E-state index is 0.157. The maximum atomic E-state index is 13.5. The van der Waals surface area contributed by atoms with Crippen LogP contribution in [0.1, 0.15) is 21.5 Å². The van der Waals surface area contributed by atoms with Gasteiger partial charge in [-0.3, -0.25) is 13.9 Å². The summed E-state index contributed by atoms with van der Waals surface area (Å²) >= 11 is 0. The summed E-state index contributed by atoms with van der Waals surface area (Å²) in [6.45, 7) is 1.70. The number of anilines is 2. The van der Waals surface area contributed by atoms with E-state index in [9.17, 15) is 22.4 Å². The van der Waals surface area contributed by atoms with Crippen molar-refractivity contribution in [1.82, 2.24) is 5.32 Å². The topological polar surface area (TPSA) is 95.6 Å². The van der Waals surface area contributed by atoms with Crippen molar-refractivity contribution < 1.29 is 22.4 Å². The van der Waals surface area contributed by atoms with Crippen LogP contribution in [-0.2, 0) is 21.2 Å². The molecule has 0 radical (unpaired) electrons. The van der Waals surface area contributed by atoms with Crippen molar-refractivity contribution >= 4 is 33.2 Å². The summed E-state index contributed by atoms with van der Waals surface area (Å²) in [4.78, 5) is 25.9. The number of hydrogen-bond donors (Lipinski definition) is 2. The van der Waals surface area contributed by atoms with Gasteiger partial charge in [0, 0.05) is 6.54 Å². The molecule has 0 aromatic heterocycles. The predicted molar refractivity (Wildman–Crippen MR) is 150 cm³/mol. The molecule has 9 heteroatoms. The summed E-state index contributed by atoms with van der Waals surface area (Å²) in [6.07, 6.45) is 0.647. The van der Waals surface area contributed by atoms with E-state index in [1.807, 2.05) is 37.3 Å². The van der Waals surface area contributed by atoms with Gasteiger partial charge < -0.3 is 10.6 Å². The van der Waals surface area contributed by atoms with E-state index in [0.717, 1.165) is 39.7 Å². The molecule has 200 valence electrons. The van der Waals surface area contributed by atoms with Crippen LogP contribution in [0.25, 0.3) is 0 Å². The van der Waals surface area contributed by atoms with E-state index >= 15 is 0 Å². The highest BCUT2D eigenvalue weighted by Crippen LogP contribution is 2.25. The third-order valence-corrected chi connectivity index (χ3v) is 7.79. The third kappa shape index (κ3) is 7.08. The highest BCUT2D eigenvalue weighted by molar-refractivity contribution is 7.92. The molecule has 0 aliphatic rings. The molecule has 2 amide bonds. The number of para-hydroxylation sites is 1. The largest absolute Gasteiger partial charge is 0.352 e. The molecule has 0 saturated carbocycles. The number of rotatable bonds is 10. The van der Waals surface area contributed by atoms with Crippen LogP contribution in [0.2, 0.25) is 0 Å². The third-order valence-electron chi connectivity index (χ3n) is 6.00. The molecular weight excluding hydrogens is 517 g/mol. The van der Waals surface area contributed by atoms with Gasteiger partial charge >= 0.3 is 0 Å². The fourth-order valence-corrected chi connectivity index (χ4v) is 5.35. The monoisotopic (exact) mass is 545 g/mol. The van der Waals surface area contributed by atoms with Gasteiger partial charge in [-0.15, -0.1) is 0 Å². The smallest absolute Gasteiger partial charge is 0.264 e. The van der Waals surface area contributed by atoms with Crippen LogP contribution < -0.4 is 14.9 Å². The van der Waals surface area contributed by atoms with Crippen molar-refractivity contribution in [1.29, 1.82) is 0 Å². The molecular formula is C30H28FN3O4S. The number of amides is 2. The average molecular weight is 546 g/mol. The Morgan fingerprint density at radius 1 is 0.821 bits per heavy atom. The van der Waals surface area contributed by atoms with Crippen molar-refractivity contribution in [2.75, 3.05) is 22.7 Å². The van der Waals surface area contributed by atoms with Crippen molar-refractivity contribution in [3.8, 4) is 0 Å². The summed E-state index contributed by atoms with van der Waals surface area (Å²) in [6, 6.07) is 27.3. The van der Waals surface area contributed by atoms with Gasteiger partial charge in [-0.2, -0.15) is 0 Å². The highest BCUT2D eigenvalue weighted by Gasteiger charge is 2.28. The zero-order valence-electron chi connectivity index (χ0n) is 21.3. The molecule has 0 aliphatic carbocycles. The van der Waals surface area contributed by atoms with Crippen LogP contribution in [-0.4, -0.2) is 33.3 Å². The number of nitrogens with zero attached hydrogens (tertiary/aromatic N) is 1. The van der Waals surface area contributed by atoms with Crippen LogP contribution in [0.3, 0.4) is 0 Å². The Morgan fingerprint density at radius 3 is 2.15 bits per heavy atom. The van der Waals surface area contributed by atoms with Crippen LogP contribution in [0.15, 0.2) is 108 Å². The van der Waals surface area contributed by atoms with Crippen molar-refractivity contribution in [3.05, 3.63) is 126 Å². The summed E-state index contributed by atoms with van der Waals surface area (Å²) in [5.74, 6) is -1.59. The molecule has 4 aromatic carbocycles. The number of halogens is 1. The molecule has 0 heterocycles. The Balaban J connectivity index is 1.52. The van der Waals surface area contributed by atoms with Gasteiger partial charge in [-0.05, 0) is 67.4 Å². The second-order valence-electron chi connectivity index (χ2n) is 8.89. The summed E-state index contributed by atoms with van der Waals surface area (Å²) in [7, 11) is -4.21. The van der Waals surface area contributed by atoms with Gasteiger partial charge in [0.05, 0.1) is 21.8 Å². The highest BCUT2D eigenvalue weighted by atomic mass is 32.2. The number of benzene rings is 4. The lowest BCUT2D eigenvalue weighted by molar-refractivity contribution is -0.114. The molecule has 0 atom stereocenters. The van der Waals surface area contributed by atoms with Crippen molar-refractivity contribution in [2.24, 2.45) is 0 Å². The fraction of sp³-hybridized carbons (Fsp3) is 0.133. The number of aryl methyl sites for hydroxylation is 1. The van der Waals surface area contributed by atoms with Crippen molar-refractivity contribution in [3.63, 3.8) is 0 Å². The SMILES string of the molecule is Cc1ccc(N(CC(=O)Nc2ccccc2C(=O)NCCc2ccccc2)S(=O)(=O)c2ccc(F)cc2)cc1. The van der Waals surface area contributed by atoms with Gasteiger partial charge in [-0.25, -0.2) is 12.8 Å². The molecule has 0 aliphatic heterocycles. The molecule has 2 N–H and O–H groups in total. The molecule has 0 bridgehead atoms. The molecule has 4 rings (SSSR count). The number of sulfonamides is 1. The number of carbonyl (C=O) groups excluding carboxylic acids is 2. The Hall–Kier alpha value is -4.50. The predicted octanol–water partition coefficient (Wildman–Crippen LogP) is 4.94. The van der Waals surface area contributed by atoms with Crippen molar-refractivity contribution in [2.45, 2.75) is 18.2 Å². The van der Waals surface area contributed by atoms with Crippen LogP contribution in [0, 0.1) is 12.7 Å². The first-order chi connectivity index (χ1) is 18.7. The normalized spacial score (nSPS) is 11.0. The van der Waals surface area contributed by atoms with E-state index in [0.29, 0.717) is 13.0 Å². The number of hydrogen-bond acceptors (Lipinski definition) is 4. The summed E-state index contributed by atoms with van der Waals surface area (Å²) in [5, 5.41) is 5.53. The Bertz CT molecular complexity index is 1540. The van der Waals surface area contributed by atoms with E-state index in [1.54, 1.807) is 48.5 Å². The fourth-order valence-electron chi connectivity index (χ4n) is 3.93. The first kappa shape index (κ1) is 27.5. The number of nitrogens with one attached hydrogen (secondary N) is 2. The van der Waals surface area contributed by atoms with Crippen LogP contribution >= 0.6 is 0 Å². The van der Waals surface area contributed by atoms with E-state index < -0.39 is 28.3 Å². The molecule has 0 fully saturated rings. The molecule has 39 heavy (non-hydrogen) atoms. The van der Waals surface area contributed by atoms with E-state index in [1.165, 1.54) is 0 Å². The Labute approximate surface area is 227 Å². The Kier molecular flexibility index (Phi) is 8.73. The first-order valence-corrected chi connectivity index (χ1v) is 13.7. The van der Waals surface area contributed by atoms with Gasteiger partial charge in [0.15, 0.2) is 0 Å². The zero-order valence-corrected chi connectivity index (χ0v) is 22.1. The van der Waals surface area contributed by atoms with E-state index in [2.05, 4.69) is 10.6 Å². The second-order valence-corrected chi connectivity index (χ2v) is 10.7. The maximum Gasteiger partial charge on any atom is 0.264 e. The molecule has 4 aromatic rings. The lowest BCUT2D eigenvalue weighted by atomic mass is 10.1. The molecule has 0 spiro atoms. The maximum absolute atomic E-state index is 13.5. The van der Waals surface area contributed by atoms with Crippen LogP contribution in [0.4, 0.5) is 15.8 Å². The summed E-state index contributed by atoms with van der Waals surface area (Å²) < 4.78 is 41.4. The second kappa shape index (κ2) is 12.4. The van der Waals surface area contributed by atoms with Gasteiger partial charge in [0.2, 0.25) is 5.91 Å². The quantitative estimate of drug-likeness (QED) is 0.295. The first-order valence-electron chi connectivity index (χ1n) is 12.3. The lowest BCUT2D eigenvalue weighted by Crippen LogP contribution is -2.38. The zero-order chi connectivity index (χ0) is 27.8.